The molecule has 3 N–H and O–H groups in total. The number of aliphatic imine (C=N–C) groups is 1. The molecule has 11 heteroatoms. The molecule has 2 aromatic heterocycles. The maximum atomic E-state index is 13.3. The summed E-state index contributed by atoms with van der Waals surface area (Å²) in [5, 5.41) is 3.30. The average molecular weight is 534 g/mol. The summed E-state index contributed by atoms with van der Waals surface area (Å²) in [5.74, 6) is 1.05. The first-order chi connectivity index (χ1) is 19.0. The Balaban J connectivity index is 1.39. The van der Waals surface area contributed by atoms with E-state index in [0.717, 1.165) is 29.8 Å². The number of carbonyl (C=O) groups is 1. The van der Waals surface area contributed by atoms with Crippen molar-refractivity contribution in [3.63, 3.8) is 0 Å². The number of hydrogen-bond donors (Lipinski definition) is 2. The van der Waals surface area contributed by atoms with Gasteiger partial charge in [-0.25, -0.2) is 9.97 Å². The first-order valence-electron chi connectivity index (χ1n) is 12.7. The predicted molar refractivity (Wildman–Crippen MR) is 146 cm³/mol. The van der Waals surface area contributed by atoms with E-state index in [2.05, 4.69) is 25.0 Å². The lowest BCUT2D eigenvalue weighted by Gasteiger charge is -2.31. The van der Waals surface area contributed by atoms with E-state index in [1.54, 1.807) is 50.1 Å². The van der Waals surface area contributed by atoms with Crippen LogP contribution in [0.15, 0.2) is 66.0 Å². The van der Waals surface area contributed by atoms with Gasteiger partial charge in [-0.15, -0.1) is 0 Å². The molecular weight excluding hydrogens is 504 g/mol. The molecule has 0 unspecified atom stereocenters. The van der Waals surface area contributed by atoms with Crippen LogP contribution in [-0.2, 0) is 0 Å². The van der Waals surface area contributed by atoms with E-state index in [9.17, 15) is 13.6 Å². The van der Waals surface area contributed by atoms with Gasteiger partial charge in [-0.2, -0.15) is 8.78 Å². The molecule has 9 nitrogen and oxygen atoms in total. The third kappa shape index (κ3) is 5.73. The topological polar surface area (TPSA) is 110 Å². The summed E-state index contributed by atoms with van der Waals surface area (Å²) < 4.78 is 31.3. The van der Waals surface area contributed by atoms with Crippen LogP contribution in [0, 0.1) is 5.92 Å². The number of halogens is 2. The number of alkyl halides is 2. The van der Waals surface area contributed by atoms with Crippen molar-refractivity contribution in [2.75, 3.05) is 32.0 Å². The summed E-state index contributed by atoms with van der Waals surface area (Å²) in [5.41, 5.74) is 9.93. The van der Waals surface area contributed by atoms with Crippen LogP contribution in [0.5, 0.6) is 5.75 Å². The minimum atomic E-state index is -2.88. The lowest BCUT2D eigenvalue weighted by molar-refractivity contribution is -0.0498. The number of hydrogen-bond acceptors (Lipinski definition) is 7. The highest BCUT2D eigenvalue weighted by Gasteiger charge is 2.24. The summed E-state index contributed by atoms with van der Waals surface area (Å²) >= 11 is 0. The first kappa shape index (κ1) is 26.2. The van der Waals surface area contributed by atoms with E-state index in [1.807, 2.05) is 21.4 Å². The maximum Gasteiger partial charge on any atom is 0.387 e. The van der Waals surface area contributed by atoms with Gasteiger partial charge < -0.3 is 20.7 Å². The summed E-state index contributed by atoms with van der Waals surface area (Å²) in [6, 6.07) is 11.9. The number of carbonyl (C=O) groups excluding carboxylic acids is 1. The number of rotatable bonds is 8. The van der Waals surface area contributed by atoms with E-state index < -0.39 is 6.61 Å². The quantitative estimate of drug-likeness (QED) is 0.321. The average Bonchev–Trinajstić information content (AvgIpc) is 3.38. The van der Waals surface area contributed by atoms with Crippen molar-refractivity contribution in [3.8, 4) is 17.0 Å². The fraction of sp³-hybridized carbons (Fsp3) is 0.286. The van der Waals surface area contributed by atoms with Gasteiger partial charge >= 0.3 is 6.61 Å². The van der Waals surface area contributed by atoms with E-state index in [0.29, 0.717) is 48.1 Å². The van der Waals surface area contributed by atoms with Crippen molar-refractivity contribution < 1.29 is 18.3 Å². The largest absolute Gasteiger partial charge is 0.435 e. The number of ether oxygens (including phenoxy) is 1. The van der Waals surface area contributed by atoms with Gasteiger partial charge in [0.15, 0.2) is 11.5 Å². The number of nitrogens with zero attached hydrogens (tertiary/aromatic N) is 5. The summed E-state index contributed by atoms with van der Waals surface area (Å²) in [7, 11) is 1.67. The van der Waals surface area contributed by atoms with Gasteiger partial charge in [-0.3, -0.25) is 14.2 Å². The molecule has 1 amide bonds. The third-order valence-electron chi connectivity index (χ3n) is 6.85. The zero-order valence-corrected chi connectivity index (χ0v) is 21.4. The smallest absolute Gasteiger partial charge is 0.387 e. The second kappa shape index (κ2) is 11.6. The molecule has 0 aliphatic carbocycles. The molecule has 0 bridgehead atoms. The molecule has 0 spiro atoms. The molecular formula is C28H29F2N7O2. The Morgan fingerprint density at radius 1 is 1.21 bits per heavy atom. The zero-order valence-electron chi connectivity index (χ0n) is 21.4. The van der Waals surface area contributed by atoms with Gasteiger partial charge in [-0.1, -0.05) is 0 Å². The fourth-order valence-electron chi connectivity index (χ4n) is 4.79. The highest BCUT2D eigenvalue weighted by Crippen LogP contribution is 2.28. The van der Waals surface area contributed by atoms with Crippen LogP contribution in [0.25, 0.3) is 16.9 Å². The number of nitrogens with two attached hydrogens (primary N) is 1. The van der Waals surface area contributed by atoms with Crippen molar-refractivity contribution in [1.29, 1.82) is 0 Å². The van der Waals surface area contributed by atoms with Crippen molar-refractivity contribution in [1.82, 2.24) is 19.3 Å². The third-order valence-corrected chi connectivity index (χ3v) is 6.85. The van der Waals surface area contributed by atoms with Crippen molar-refractivity contribution in [2.45, 2.75) is 19.5 Å². The molecule has 0 saturated carbocycles. The van der Waals surface area contributed by atoms with Gasteiger partial charge in [0.1, 0.15) is 5.75 Å². The number of amides is 1. The van der Waals surface area contributed by atoms with Crippen LogP contribution in [-0.4, -0.2) is 64.7 Å². The number of anilines is 2. The fourth-order valence-corrected chi connectivity index (χ4v) is 4.79. The number of fused-ring (bicyclic) bond motifs is 1. The molecule has 1 saturated heterocycles. The van der Waals surface area contributed by atoms with E-state index in [4.69, 9.17) is 5.73 Å². The number of imidazole rings is 1. The Labute approximate surface area is 224 Å². The van der Waals surface area contributed by atoms with Crippen molar-refractivity contribution in [3.05, 3.63) is 72.2 Å². The molecule has 1 aliphatic heterocycles. The Morgan fingerprint density at radius 2 is 1.97 bits per heavy atom. The van der Waals surface area contributed by atoms with E-state index in [-0.39, 0.29) is 11.7 Å². The van der Waals surface area contributed by atoms with Crippen LogP contribution < -0.4 is 15.8 Å². The summed E-state index contributed by atoms with van der Waals surface area (Å²) in [6.45, 7) is -0.840. The Bertz CT molecular complexity index is 1480. The number of benzene rings is 2. The molecule has 39 heavy (non-hydrogen) atoms. The SMILES string of the molecule is CN=Cc1cc(Nc2nccn3c(-c4ccc(OC(F)F)cc4)cnc23)ccc1C(=O)N1CCC(CN)CC1. The number of likely N-dealkylation sites (tertiary alicyclic amines) is 1. The van der Waals surface area contributed by atoms with Crippen LogP contribution in [0.4, 0.5) is 20.3 Å². The van der Waals surface area contributed by atoms with Gasteiger partial charge in [0.2, 0.25) is 0 Å². The van der Waals surface area contributed by atoms with Gasteiger partial charge in [0.05, 0.1) is 11.9 Å². The normalized spacial score (nSPS) is 14.4. The molecule has 1 fully saturated rings. The molecule has 1 aliphatic rings. The summed E-state index contributed by atoms with van der Waals surface area (Å²) in [6.07, 6.45) is 8.61. The van der Waals surface area contributed by atoms with Crippen molar-refractivity contribution >= 4 is 29.3 Å². The van der Waals surface area contributed by atoms with Crippen LogP contribution in [0.3, 0.4) is 0 Å². The molecule has 5 rings (SSSR count). The lowest BCUT2D eigenvalue weighted by atomic mass is 9.96. The van der Waals surface area contributed by atoms with Crippen LogP contribution in [0.2, 0.25) is 0 Å². The van der Waals surface area contributed by atoms with Gasteiger partial charge in [0, 0.05) is 61.1 Å². The highest BCUT2D eigenvalue weighted by atomic mass is 19.3. The number of nitrogens with one attached hydrogen (secondary N) is 1. The molecule has 3 heterocycles. The first-order valence-corrected chi connectivity index (χ1v) is 12.7. The standard InChI is InChI=1S/C28H29F2N7O2/c1-32-16-20-14-21(4-7-23(20)27(38)36-11-8-18(15-31)9-12-36)35-25-26-34-17-24(37(26)13-10-33-25)19-2-5-22(6-3-19)39-28(29)30/h2-7,10,13-14,16-18,28H,8-9,11-12,15,31H2,1H3,(H,33,35). The lowest BCUT2D eigenvalue weighted by Crippen LogP contribution is -2.40. The van der Waals surface area contributed by atoms with E-state index >= 15 is 0 Å². The monoisotopic (exact) mass is 533 g/mol. The number of piperidine rings is 1. The van der Waals surface area contributed by atoms with Crippen molar-refractivity contribution in [2.24, 2.45) is 16.6 Å². The second-order valence-corrected chi connectivity index (χ2v) is 9.30. The van der Waals surface area contributed by atoms with Gasteiger partial charge in [0.25, 0.3) is 5.91 Å². The minimum absolute atomic E-state index is 0.0185. The Hall–Kier alpha value is -4.38. The Kier molecular flexibility index (Phi) is 7.78. The molecule has 4 aromatic rings. The Morgan fingerprint density at radius 3 is 2.67 bits per heavy atom. The number of aromatic nitrogens is 3. The predicted octanol–water partition coefficient (Wildman–Crippen LogP) is 4.60. The molecule has 202 valence electrons. The highest BCUT2D eigenvalue weighted by molar-refractivity contribution is 6.03. The second-order valence-electron chi connectivity index (χ2n) is 9.30. The van der Waals surface area contributed by atoms with Crippen LogP contribution in [0.1, 0.15) is 28.8 Å². The zero-order chi connectivity index (χ0) is 27.4. The van der Waals surface area contributed by atoms with Crippen LogP contribution >= 0.6 is 0 Å². The maximum absolute atomic E-state index is 13.3. The van der Waals surface area contributed by atoms with Gasteiger partial charge in [-0.05, 0) is 67.8 Å². The molecule has 0 radical (unpaired) electrons. The van der Waals surface area contributed by atoms with E-state index in [1.165, 1.54) is 12.1 Å². The molecule has 2 aromatic carbocycles. The minimum Gasteiger partial charge on any atom is -0.435 e. The summed E-state index contributed by atoms with van der Waals surface area (Å²) in [4.78, 5) is 28.3. The molecule has 0 atom stereocenters.